The average molecular weight is 594 g/mol. The number of hydrogen-bond donors (Lipinski definition) is 1. The third-order valence-corrected chi connectivity index (χ3v) is 7.65. The molecule has 0 radical (unpaired) electrons. The van der Waals surface area contributed by atoms with Crippen LogP contribution in [0.2, 0.25) is 0 Å². The number of hydrazone groups is 1. The van der Waals surface area contributed by atoms with Gasteiger partial charge in [-0.1, -0.05) is 73.6 Å². The Bertz CT molecular complexity index is 1480. The normalized spacial score (nSPS) is 16.1. The summed E-state index contributed by atoms with van der Waals surface area (Å²) in [5.74, 6) is 1.92. The van der Waals surface area contributed by atoms with Gasteiger partial charge >= 0.3 is 0 Å². The van der Waals surface area contributed by atoms with Crippen molar-refractivity contribution in [2.75, 3.05) is 12.4 Å². The number of amides is 1. The van der Waals surface area contributed by atoms with Crippen LogP contribution < -0.4 is 25.4 Å². The molecular formula is C29H29BrN4O3S. The number of fused-ring (bicyclic) bond motifs is 2. The fraction of sp³-hybridized carbons (Fsp3) is 0.276. The SMILES string of the molecule is CCCCSC1=NN2C(=c3ccccc3=NC2c2cc(Br)c(OCc3ccccc3)c(OCC)c2)C(=O)N1. The summed E-state index contributed by atoms with van der Waals surface area (Å²) in [7, 11) is 0. The summed E-state index contributed by atoms with van der Waals surface area (Å²) in [5, 5.41) is 11.6. The molecule has 2 aliphatic rings. The number of benzene rings is 3. The summed E-state index contributed by atoms with van der Waals surface area (Å²) >= 11 is 5.25. The van der Waals surface area contributed by atoms with E-state index in [0.717, 1.165) is 44.8 Å². The van der Waals surface area contributed by atoms with Crippen LogP contribution in [0.25, 0.3) is 5.70 Å². The third kappa shape index (κ3) is 5.59. The van der Waals surface area contributed by atoms with E-state index < -0.39 is 6.17 Å². The van der Waals surface area contributed by atoms with E-state index in [1.54, 1.807) is 16.8 Å². The van der Waals surface area contributed by atoms with Crippen molar-refractivity contribution in [1.82, 2.24) is 10.3 Å². The van der Waals surface area contributed by atoms with Crippen molar-refractivity contribution in [3.05, 3.63) is 92.9 Å². The molecule has 1 N–H and O–H groups in total. The molecule has 196 valence electrons. The molecule has 0 spiro atoms. The van der Waals surface area contributed by atoms with Crippen molar-refractivity contribution in [1.29, 1.82) is 0 Å². The van der Waals surface area contributed by atoms with Crippen molar-refractivity contribution < 1.29 is 14.3 Å². The predicted molar refractivity (Wildman–Crippen MR) is 154 cm³/mol. The van der Waals surface area contributed by atoms with Gasteiger partial charge in [-0.2, -0.15) is 0 Å². The number of nitrogens with one attached hydrogen (secondary N) is 1. The van der Waals surface area contributed by atoms with Crippen LogP contribution in [0.15, 0.2) is 81.3 Å². The van der Waals surface area contributed by atoms with E-state index in [4.69, 9.17) is 19.6 Å². The largest absolute Gasteiger partial charge is 0.490 e. The first-order chi connectivity index (χ1) is 18.6. The van der Waals surface area contributed by atoms with Gasteiger partial charge in [-0.25, -0.2) is 5.01 Å². The molecule has 9 heteroatoms. The molecule has 0 bridgehead atoms. The van der Waals surface area contributed by atoms with Crippen LogP contribution in [-0.4, -0.2) is 28.4 Å². The zero-order chi connectivity index (χ0) is 26.5. The average Bonchev–Trinajstić information content (AvgIpc) is 2.93. The monoisotopic (exact) mass is 592 g/mol. The number of amidine groups is 1. The number of nitrogens with zero attached hydrogens (tertiary/aromatic N) is 3. The summed E-state index contributed by atoms with van der Waals surface area (Å²) in [4.78, 5) is 18.4. The zero-order valence-electron chi connectivity index (χ0n) is 21.3. The van der Waals surface area contributed by atoms with Crippen molar-refractivity contribution in [2.45, 2.75) is 39.5 Å². The summed E-state index contributed by atoms with van der Waals surface area (Å²) < 4.78 is 12.9. The van der Waals surface area contributed by atoms with Crippen LogP contribution in [-0.2, 0) is 11.4 Å². The molecule has 2 heterocycles. The van der Waals surface area contributed by atoms with E-state index in [1.807, 2.05) is 73.7 Å². The maximum absolute atomic E-state index is 13.3. The van der Waals surface area contributed by atoms with E-state index in [0.29, 0.717) is 35.6 Å². The van der Waals surface area contributed by atoms with Gasteiger partial charge in [0.05, 0.1) is 16.4 Å². The van der Waals surface area contributed by atoms with Crippen molar-refractivity contribution >= 4 is 44.5 Å². The summed E-state index contributed by atoms with van der Waals surface area (Å²) in [6.07, 6.45) is 1.57. The van der Waals surface area contributed by atoms with Gasteiger partial charge in [0, 0.05) is 16.5 Å². The van der Waals surface area contributed by atoms with Gasteiger partial charge in [-0.05, 0) is 53.0 Å². The minimum absolute atomic E-state index is 0.182. The van der Waals surface area contributed by atoms with Gasteiger partial charge < -0.3 is 9.47 Å². The number of hydrogen-bond acceptors (Lipinski definition) is 7. The minimum Gasteiger partial charge on any atom is -0.490 e. The van der Waals surface area contributed by atoms with Crippen LogP contribution in [0.1, 0.15) is 44.0 Å². The number of carbonyl (C=O) groups is 1. The van der Waals surface area contributed by atoms with Gasteiger partial charge in [0.25, 0.3) is 5.91 Å². The van der Waals surface area contributed by atoms with Gasteiger partial charge in [0.2, 0.25) is 0 Å². The Morgan fingerprint density at radius 1 is 1.05 bits per heavy atom. The maximum Gasteiger partial charge on any atom is 0.276 e. The molecule has 0 saturated heterocycles. The van der Waals surface area contributed by atoms with E-state index in [1.165, 1.54) is 0 Å². The molecule has 1 atom stereocenters. The topological polar surface area (TPSA) is 75.5 Å². The molecule has 5 rings (SSSR count). The lowest BCUT2D eigenvalue weighted by molar-refractivity contribution is -0.116. The lowest BCUT2D eigenvalue weighted by atomic mass is 10.1. The van der Waals surface area contributed by atoms with E-state index >= 15 is 0 Å². The van der Waals surface area contributed by atoms with Crippen LogP contribution in [0.3, 0.4) is 0 Å². The number of ether oxygens (including phenoxy) is 2. The van der Waals surface area contributed by atoms with Crippen molar-refractivity contribution in [3.63, 3.8) is 0 Å². The molecule has 0 fully saturated rings. The highest BCUT2D eigenvalue weighted by molar-refractivity contribution is 9.10. The van der Waals surface area contributed by atoms with Gasteiger partial charge in [0.1, 0.15) is 12.3 Å². The molecule has 0 saturated carbocycles. The Balaban J connectivity index is 1.56. The lowest BCUT2D eigenvalue weighted by Crippen LogP contribution is -2.50. The first-order valence-electron chi connectivity index (χ1n) is 12.7. The smallest absolute Gasteiger partial charge is 0.276 e. The Kier molecular flexibility index (Phi) is 8.34. The lowest BCUT2D eigenvalue weighted by Gasteiger charge is -2.34. The van der Waals surface area contributed by atoms with Gasteiger partial charge in [0.15, 0.2) is 22.8 Å². The van der Waals surface area contributed by atoms with E-state index in [2.05, 4.69) is 28.2 Å². The molecule has 1 amide bonds. The Hall–Kier alpha value is -3.30. The summed E-state index contributed by atoms with van der Waals surface area (Å²) in [6, 6.07) is 21.6. The second-order valence-corrected chi connectivity index (χ2v) is 10.7. The van der Waals surface area contributed by atoms with Crippen LogP contribution >= 0.6 is 27.7 Å². The molecule has 3 aromatic rings. The fourth-order valence-electron chi connectivity index (χ4n) is 4.29. The van der Waals surface area contributed by atoms with Gasteiger partial charge in [-0.3, -0.25) is 15.1 Å². The van der Waals surface area contributed by atoms with E-state index in [-0.39, 0.29) is 5.91 Å². The molecular weight excluding hydrogens is 564 g/mol. The van der Waals surface area contributed by atoms with Crippen LogP contribution in [0, 0.1) is 0 Å². The highest BCUT2D eigenvalue weighted by Gasteiger charge is 2.35. The maximum atomic E-state index is 13.3. The second-order valence-electron chi connectivity index (χ2n) is 8.81. The van der Waals surface area contributed by atoms with Crippen molar-refractivity contribution in [2.24, 2.45) is 10.1 Å². The third-order valence-electron chi connectivity index (χ3n) is 6.11. The molecule has 1 unspecified atom stereocenters. The van der Waals surface area contributed by atoms with Crippen LogP contribution in [0.5, 0.6) is 11.5 Å². The highest BCUT2D eigenvalue weighted by atomic mass is 79.9. The highest BCUT2D eigenvalue weighted by Crippen LogP contribution is 2.41. The number of para-hydroxylation sites is 1. The standard InChI is InChI=1S/C29H29BrN4O3S/c1-3-5-15-38-29-32-28(35)25-21-13-9-10-14-23(21)31-27(34(25)33-29)20-16-22(30)26(24(17-20)36-4-2)37-18-19-11-7-6-8-12-19/h6-14,16-17,27H,3-5,15,18H2,1-2H3,(H,32,33,35). The molecule has 0 aromatic heterocycles. The number of unbranched alkanes of at least 4 members (excludes halogenated alkanes) is 1. The van der Waals surface area contributed by atoms with Crippen LogP contribution in [0.4, 0.5) is 0 Å². The first kappa shape index (κ1) is 26.3. The number of halogens is 1. The molecule has 2 aliphatic heterocycles. The number of carbonyl (C=O) groups excluding carboxylic acids is 1. The Labute approximate surface area is 234 Å². The fourth-order valence-corrected chi connectivity index (χ4v) is 5.80. The predicted octanol–water partition coefficient (Wildman–Crippen LogP) is 5.10. The zero-order valence-corrected chi connectivity index (χ0v) is 23.7. The minimum atomic E-state index is -0.550. The Morgan fingerprint density at radius 2 is 1.84 bits per heavy atom. The number of rotatable bonds is 9. The Morgan fingerprint density at radius 3 is 2.63 bits per heavy atom. The first-order valence-corrected chi connectivity index (χ1v) is 14.5. The molecule has 7 nitrogen and oxygen atoms in total. The summed E-state index contributed by atoms with van der Waals surface area (Å²) in [6.45, 7) is 4.97. The molecule has 0 aliphatic carbocycles. The van der Waals surface area contributed by atoms with Gasteiger partial charge in [-0.15, -0.1) is 5.10 Å². The van der Waals surface area contributed by atoms with Crippen molar-refractivity contribution in [3.8, 4) is 11.5 Å². The quantitative estimate of drug-likeness (QED) is 0.350. The summed E-state index contributed by atoms with van der Waals surface area (Å²) in [5.41, 5.74) is 2.38. The second kappa shape index (κ2) is 12.0. The number of thioether (sulfide) groups is 1. The molecule has 3 aromatic carbocycles. The van der Waals surface area contributed by atoms with E-state index in [9.17, 15) is 4.79 Å². The molecule has 38 heavy (non-hydrogen) atoms.